The van der Waals surface area contributed by atoms with Crippen LogP contribution in [0.5, 0.6) is 11.5 Å². The van der Waals surface area contributed by atoms with Crippen molar-refractivity contribution in [2.75, 3.05) is 12.0 Å². The number of nitrogens with zero attached hydrogens (tertiary/aromatic N) is 1. The predicted molar refractivity (Wildman–Crippen MR) is 180 cm³/mol. The van der Waals surface area contributed by atoms with E-state index < -0.39 is 35.0 Å². The highest BCUT2D eigenvalue weighted by atomic mass is 16.5. The third kappa shape index (κ3) is 4.20. The van der Waals surface area contributed by atoms with Crippen molar-refractivity contribution in [3.63, 3.8) is 0 Å². The summed E-state index contributed by atoms with van der Waals surface area (Å²) < 4.78 is 5.60. The molecule has 4 aromatic carbocycles. The fourth-order valence-corrected chi connectivity index (χ4v) is 8.94. The van der Waals surface area contributed by atoms with E-state index >= 15 is 4.79 Å². The number of amides is 2. The van der Waals surface area contributed by atoms with Gasteiger partial charge in [-0.15, -0.1) is 0 Å². The molecule has 1 N–H and O–H groups in total. The molecule has 0 radical (unpaired) electrons. The number of aromatic hydroxyl groups is 1. The van der Waals surface area contributed by atoms with Gasteiger partial charge in [-0.05, 0) is 66.3 Å². The molecule has 0 aromatic heterocycles. The number of methoxy groups -OCH3 is 1. The number of phenols is 1. The Kier molecular flexibility index (Phi) is 7.02. The molecule has 0 bridgehead atoms. The van der Waals surface area contributed by atoms with Crippen LogP contribution in [0.1, 0.15) is 35.4 Å². The third-order valence-corrected chi connectivity index (χ3v) is 10.9. The minimum absolute atomic E-state index is 0.0450. The van der Waals surface area contributed by atoms with Crippen LogP contribution in [-0.4, -0.2) is 35.6 Å². The minimum atomic E-state index is -1.43. The molecule has 3 aliphatic carbocycles. The lowest BCUT2D eigenvalue weighted by Gasteiger charge is -2.55. The average Bonchev–Trinajstić information content (AvgIpc) is 3.39. The number of hydrogen-bond donors (Lipinski definition) is 1. The van der Waals surface area contributed by atoms with Crippen LogP contribution in [-0.2, 0) is 24.6 Å². The molecule has 2 amide bonds. The van der Waals surface area contributed by atoms with Gasteiger partial charge >= 0.3 is 0 Å². The monoisotopic (exact) mass is 635 g/mol. The lowest BCUT2D eigenvalue weighted by molar-refractivity contribution is -0.135. The Morgan fingerprint density at radius 2 is 1.46 bits per heavy atom. The number of allylic oxidation sites excluding steroid dienone is 4. The Labute approximate surface area is 278 Å². The number of carbonyl (C=O) groups is 4. The molecule has 6 unspecified atom stereocenters. The number of ether oxygens (including phenoxy) is 1. The molecule has 7 heteroatoms. The molecule has 6 atom stereocenters. The highest BCUT2D eigenvalue weighted by Gasteiger charge is 2.66. The zero-order chi connectivity index (χ0) is 33.2. The van der Waals surface area contributed by atoms with Gasteiger partial charge in [0.15, 0.2) is 11.6 Å². The number of hydrogen-bond acceptors (Lipinski definition) is 6. The van der Waals surface area contributed by atoms with Crippen LogP contribution in [0.25, 0.3) is 5.57 Å². The Morgan fingerprint density at radius 1 is 0.792 bits per heavy atom. The maximum Gasteiger partial charge on any atom is 0.238 e. The van der Waals surface area contributed by atoms with E-state index in [-0.39, 0.29) is 35.6 Å². The number of benzene rings is 4. The minimum Gasteiger partial charge on any atom is -0.508 e. The smallest absolute Gasteiger partial charge is 0.238 e. The summed E-state index contributed by atoms with van der Waals surface area (Å²) in [5, 5.41) is 11.6. The highest BCUT2D eigenvalue weighted by molar-refractivity contribution is 6.32. The van der Waals surface area contributed by atoms with E-state index in [0.717, 1.165) is 5.57 Å². The highest BCUT2D eigenvalue weighted by Crippen LogP contribution is 2.64. The van der Waals surface area contributed by atoms with Gasteiger partial charge in [-0.3, -0.25) is 24.1 Å². The van der Waals surface area contributed by atoms with Crippen LogP contribution in [0.3, 0.4) is 0 Å². The van der Waals surface area contributed by atoms with Gasteiger partial charge in [0.05, 0.1) is 30.0 Å². The molecular formula is C41H33NO6. The van der Waals surface area contributed by atoms with Gasteiger partial charge in [0.1, 0.15) is 11.5 Å². The van der Waals surface area contributed by atoms with Crippen LogP contribution < -0.4 is 9.64 Å². The second kappa shape index (κ2) is 11.3. The first-order valence-corrected chi connectivity index (χ1v) is 16.3. The predicted octanol–water partition coefficient (Wildman–Crippen LogP) is 6.43. The summed E-state index contributed by atoms with van der Waals surface area (Å²) in [7, 11) is 1.53. The zero-order valence-electron chi connectivity index (χ0n) is 26.3. The van der Waals surface area contributed by atoms with Crippen molar-refractivity contribution >= 4 is 34.6 Å². The molecule has 0 spiro atoms. The molecular weight excluding hydrogens is 602 g/mol. The largest absolute Gasteiger partial charge is 0.508 e. The van der Waals surface area contributed by atoms with Crippen molar-refractivity contribution in [1.29, 1.82) is 0 Å². The third-order valence-electron chi connectivity index (χ3n) is 10.9. The number of fused-ring (bicyclic) bond motifs is 4. The van der Waals surface area contributed by atoms with E-state index in [2.05, 4.69) is 0 Å². The maximum absolute atomic E-state index is 15.1. The topological polar surface area (TPSA) is 101 Å². The van der Waals surface area contributed by atoms with Gasteiger partial charge in [-0.2, -0.15) is 0 Å². The van der Waals surface area contributed by atoms with E-state index in [1.54, 1.807) is 42.5 Å². The van der Waals surface area contributed by atoms with Crippen molar-refractivity contribution in [1.82, 2.24) is 0 Å². The standard InChI is InChI=1S/C41H33NO6/c1-48-27-17-20-34(43)32(21-27)37-28-18-19-29-36(40(47)42(39(29)46)26-15-9-4-10-16-26)31(28)22-33-38(45)30(24-11-5-2-6-12-24)23-35(44)41(33,37)25-13-7-3-8-14-25/h2-18,20-21,23,29,31,33,36-37,43H,19,22H2,1H3. The first-order chi connectivity index (χ1) is 23.4. The van der Waals surface area contributed by atoms with Gasteiger partial charge in [0, 0.05) is 23.0 Å². The molecule has 4 aliphatic rings. The molecule has 48 heavy (non-hydrogen) atoms. The Hall–Kier alpha value is -5.56. The van der Waals surface area contributed by atoms with Crippen LogP contribution in [0.4, 0.5) is 5.69 Å². The molecule has 238 valence electrons. The van der Waals surface area contributed by atoms with Gasteiger partial charge in [-0.25, -0.2) is 0 Å². The molecule has 1 saturated carbocycles. The van der Waals surface area contributed by atoms with Crippen molar-refractivity contribution in [3.8, 4) is 11.5 Å². The number of phenolic OH excluding ortho intramolecular Hbond substituents is 1. The van der Waals surface area contributed by atoms with Crippen molar-refractivity contribution < 1.29 is 29.0 Å². The van der Waals surface area contributed by atoms with Crippen LogP contribution in [0.15, 0.2) is 127 Å². The Morgan fingerprint density at radius 3 is 2.15 bits per heavy atom. The molecule has 2 fully saturated rings. The summed E-state index contributed by atoms with van der Waals surface area (Å²) in [6, 6.07) is 32.3. The van der Waals surface area contributed by atoms with E-state index in [4.69, 9.17) is 4.74 Å². The molecule has 1 saturated heterocycles. The second-order valence-electron chi connectivity index (χ2n) is 13.1. The summed E-state index contributed by atoms with van der Waals surface area (Å²) in [4.78, 5) is 59.7. The summed E-state index contributed by atoms with van der Waals surface area (Å²) in [6.45, 7) is 0. The molecule has 1 heterocycles. The summed E-state index contributed by atoms with van der Waals surface area (Å²) in [6.07, 6.45) is 3.96. The number of anilines is 1. The first kappa shape index (κ1) is 29.8. The second-order valence-corrected chi connectivity index (χ2v) is 13.1. The SMILES string of the molecule is COc1ccc(O)c(C2C3=CCC4C(=O)N(c5ccccc5)C(=O)C4C3CC3C(=O)C(c4ccccc4)=CC(=O)C32c2ccccc2)c1. The first-order valence-electron chi connectivity index (χ1n) is 16.3. The number of imide groups is 1. The molecule has 4 aromatic rings. The molecule has 8 rings (SSSR count). The fourth-order valence-electron chi connectivity index (χ4n) is 8.94. The van der Waals surface area contributed by atoms with Crippen LogP contribution >= 0.6 is 0 Å². The fraction of sp³-hybridized carbons (Fsp3) is 0.220. The maximum atomic E-state index is 15.1. The van der Waals surface area contributed by atoms with Crippen LogP contribution in [0, 0.1) is 23.7 Å². The summed E-state index contributed by atoms with van der Waals surface area (Å²) >= 11 is 0. The quantitative estimate of drug-likeness (QED) is 0.200. The van der Waals surface area contributed by atoms with E-state index in [1.165, 1.54) is 18.1 Å². The molecule has 7 nitrogen and oxygen atoms in total. The lowest BCUT2D eigenvalue weighted by Crippen LogP contribution is -2.58. The van der Waals surface area contributed by atoms with Gasteiger partial charge in [0.25, 0.3) is 0 Å². The van der Waals surface area contributed by atoms with E-state index in [9.17, 15) is 19.5 Å². The van der Waals surface area contributed by atoms with Crippen LogP contribution in [0.2, 0.25) is 0 Å². The van der Waals surface area contributed by atoms with E-state index in [1.807, 2.05) is 72.8 Å². The molecule has 1 aliphatic heterocycles. The number of rotatable bonds is 5. The Balaban J connectivity index is 1.39. The van der Waals surface area contributed by atoms with E-state index in [0.29, 0.717) is 40.1 Å². The summed E-state index contributed by atoms with van der Waals surface area (Å²) in [5.41, 5.74) is 1.93. The number of ketones is 2. The number of Topliss-reactive ketones (excluding diaryl/α,β-unsaturated/α-hetero) is 1. The van der Waals surface area contributed by atoms with Gasteiger partial charge < -0.3 is 9.84 Å². The summed E-state index contributed by atoms with van der Waals surface area (Å²) in [5.74, 6) is -4.14. The van der Waals surface area contributed by atoms with Gasteiger partial charge in [-0.1, -0.05) is 90.5 Å². The van der Waals surface area contributed by atoms with Crippen molar-refractivity contribution in [2.45, 2.75) is 24.2 Å². The Bertz CT molecular complexity index is 2040. The zero-order valence-corrected chi connectivity index (χ0v) is 26.3. The van der Waals surface area contributed by atoms with Crippen molar-refractivity contribution in [3.05, 3.63) is 144 Å². The average molecular weight is 636 g/mol. The van der Waals surface area contributed by atoms with Gasteiger partial charge in [0.2, 0.25) is 11.8 Å². The normalized spacial score (nSPS) is 27.9. The van der Waals surface area contributed by atoms with Crippen molar-refractivity contribution in [2.24, 2.45) is 23.7 Å². The number of carbonyl (C=O) groups excluding carboxylic acids is 4. The lowest BCUT2D eigenvalue weighted by atomic mass is 9.44. The number of para-hydroxylation sites is 1.